The van der Waals surface area contributed by atoms with Crippen molar-refractivity contribution in [3.05, 3.63) is 140 Å². The Labute approximate surface area is 209 Å². The lowest BCUT2D eigenvalue weighted by Crippen LogP contribution is -2.09. The third kappa shape index (κ3) is 3.43. The SMILES string of the molecule is c1ccc(-c2cc(N(c3ccccc3)c3ccccc3)cc3oc4cc5ccccc5cc4c23)cc1. The lowest BCUT2D eigenvalue weighted by molar-refractivity contribution is 0.669. The molecule has 0 radical (unpaired) electrons. The summed E-state index contributed by atoms with van der Waals surface area (Å²) in [7, 11) is 0. The molecule has 2 nitrogen and oxygen atoms in total. The van der Waals surface area contributed by atoms with Gasteiger partial charge in [-0.3, -0.25) is 0 Å². The van der Waals surface area contributed by atoms with Crippen molar-refractivity contribution in [2.45, 2.75) is 0 Å². The number of nitrogens with zero attached hydrogens (tertiary/aromatic N) is 1. The van der Waals surface area contributed by atoms with Gasteiger partial charge in [0.1, 0.15) is 11.2 Å². The van der Waals surface area contributed by atoms with Crippen molar-refractivity contribution in [1.29, 1.82) is 0 Å². The van der Waals surface area contributed by atoms with Crippen LogP contribution in [0.4, 0.5) is 17.1 Å². The Balaban J connectivity index is 1.56. The third-order valence-electron chi connectivity index (χ3n) is 6.80. The van der Waals surface area contributed by atoms with Crippen molar-refractivity contribution in [2.24, 2.45) is 0 Å². The molecule has 36 heavy (non-hydrogen) atoms. The van der Waals surface area contributed by atoms with Crippen molar-refractivity contribution in [3.63, 3.8) is 0 Å². The molecule has 1 heterocycles. The molecule has 7 rings (SSSR count). The van der Waals surface area contributed by atoms with E-state index in [0.717, 1.165) is 44.6 Å². The van der Waals surface area contributed by atoms with E-state index in [9.17, 15) is 0 Å². The van der Waals surface area contributed by atoms with Gasteiger partial charge in [0.05, 0.1) is 5.69 Å². The van der Waals surface area contributed by atoms with Gasteiger partial charge in [-0.2, -0.15) is 0 Å². The Hall–Kier alpha value is -4.82. The molecule has 0 aliphatic heterocycles. The highest BCUT2D eigenvalue weighted by molar-refractivity contribution is 6.16. The number of anilines is 3. The first-order chi connectivity index (χ1) is 17.8. The van der Waals surface area contributed by atoms with E-state index in [2.05, 4.69) is 144 Å². The third-order valence-corrected chi connectivity index (χ3v) is 6.80. The maximum atomic E-state index is 6.56. The fourth-order valence-electron chi connectivity index (χ4n) is 5.15. The van der Waals surface area contributed by atoms with E-state index in [1.54, 1.807) is 0 Å². The Morgan fingerprint density at radius 1 is 0.444 bits per heavy atom. The lowest BCUT2D eigenvalue weighted by Gasteiger charge is -2.26. The summed E-state index contributed by atoms with van der Waals surface area (Å²) in [5.41, 5.74) is 7.38. The number of hydrogen-bond acceptors (Lipinski definition) is 2. The van der Waals surface area contributed by atoms with Gasteiger partial charge >= 0.3 is 0 Å². The van der Waals surface area contributed by atoms with Gasteiger partial charge < -0.3 is 9.32 Å². The van der Waals surface area contributed by atoms with Crippen LogP contribution in [0.1, 0.15) is 0 Å². The van der Waals surface area contributed by atoms with Gasteiger partial charge in [0.25, 0.3) is 0 Å². The Bertz CT molecular complexity index is 1780. The number of benzene rings is 6. The molecule has 0 fully saturated rings. The lowest BCUT2D eigenvalue weighted by atomic mass is 9.97. The van der Waals surface area contributed by atoms with Crippen LogP contribution in [0, 0.1) is 0 Å². The van der Waals surface area contributed by atoms with Crippen LogP contribution in [0.25, 0.3) is 43.8 Å². The molecule has 0 aliphatic carbocycles. The summed E-state index contributed by atoms with van der Waals surface area (Å²) in [6, 6.07) is 48.9. The van der Waals surface area contributed by atoms with Crippen molar-refractivity contribution in [3.8, 4) is 11.1 Å². The monoisotopic (exact) mass is 461 g/mol. The van der Waals surface area contributed by atoms with Crippen LogP contribution in [-0.4, -0.2) is 0 Å². The molecular weight excluding hydrogens is 438 g/mol. The molecule has 0 atom stereocenters. The molecule has 6 aromatic carbocycles. The van der Waals surface area contributed by atoms with Gasteiger partial charge in [-0.15, -0.1) is 0 Å². The van der Waals surface area contributed by atoms with Gasteiger partial charge in [0, 0.05) is 28.2 Å². The quantitative estimate of drug-likeness (QED) is 0.259. The number of furan rings is 1. The standard InChI is InChI=1S/C34H23NO/c1-4-12-24(13-5-1)30-22-29(35(27-16-6-2-7-17-27)28-18-8-3-9-19-28)23-33-34(30)31-20-25-14-10-11-15-26(25)21-32(31)36-33/h1-23H. The fourth-order valence-corrected chi connectivity index (χ4v) is 5.15. The summed E-state index contributed by atoms with van der Waals surface area (Å²) in [6.07, 6.45) is 0. The number of rotatable bonds is 4. The van der Waals surface area contributed by atoms with E-state index in [1.807, 2.05) is 0 Å². The minimum Gasteiger partial charge on any atom is -0.456 e. The Morgan fingerprint density at radius 3 is 1.64 bits per heavy atom. The molecule has 0 amide bonds. The maximum Gasteiger partial charge on any atom is 0.138 e. The van der Waals surface area contributed by atoms with Crippen LogP contribution < -0.4 is 4.90 Å². The molecule has 2 heteroatoms. The van der Waals surface area contributed by atoms with Gasteiger partial charge in [-0.25, -0.2) is 0 Å². The molecule has 170 valence electrons. The van der Waals surface area contributed by atoms with Crippen molar-refractivity contribution in [2.75, 3.05) is 4.90 Å². The second-order valence-corrected chi connectivity index (χ2v) is 9.04. The first-order valence-corrected chi connectivity index (χ1v) is 12.2. The van der Waals surface area contributed by atoms with E-state index in [0.29, 0.717) is 0 Å². The van der Waals surface area contributed by atoms with Crippen LogP contribution in [0.3, 0.4) is 0 Å². The highest BCUT2D eigenvalue weighted by Crippen LogP contribution is 2.44. The van der Waals surface area contributed by atoms with Crippen molar-refractivity contribution in [1.82, 2.24) is 0 Å². The normalized spacial score (nSPS) is 11.3. The summed E-state index contributed by atoms with van der Waals surface area (Å²) >= 11 is 0. The van der Waals surface area contributed by atoms with Gasteiger partial charge in [-0.1, -0.05) is 91.0 Å². The Kier molecular flexibility index (Phi) is 4.82. The number of fused-ring (bicyclic) bond motifs is 4. The smallest absolute Gasteiger partial charge is 0.138 e. The molecule has 0 saturated heterocycles. The predicted molar refractivity (Wildman–Crippen MR) is 151 cm³/mol. The molecule has 0 aliphatic rings. The second kappa shape index (κ2) is 8.44. The highest BCUT2D eigenvalue weighted by atomic mass is 16.3. The first kappa shape index (κ1) is 20.5. The molecular formula is C34H23NO. The fraction of sp³-hybridized carbons (Fsp3) is 0. The first-order valence-electron chi connectivity index (χ1n) is 12.2. The van der Waals surface area contributed by atoms with E-state index in [4.69, 9.17) is 4.42 Å². The van der Waals surface area contributed by atoms with Gasteiger partial charge in [0.2, 0.25) is 0 Å². The topological polar surface area (TPSA) is 16.4 Å². The van der Waals surface area contributed by atoms with Crippen LogP contribution in [-0.2, 0) is 0 Å². The zero-order valence-corrected chi connectivity index (χ0v) is 19.6. The molecule has 0 spiro atoms. The largest absolute Gasteiger partial charge is 0.456 e. The van der Waals surface area contributed by atoms with E-state index < -0.39 is 0 Å². The van der Waals surface area contributed by atoms with Crippen LogP contribution in [0.5, 0.6) is 0 Å². The van der Waals surface area contributed by atoms with Crippen molar-refractivity contribution < 1.29 is 4.42 Å². The summed E-state index contributed by atoms with van der Waals surface area (Å²) in [6.45, 7) is 0. The van der Waals surface area contributed by atoms with E-state index >= 15 is 0 Å². The summed E-state index contributed by atoms with van der Waals surface area (Å²) in [5, 5.41) is 4.68. The molecule has 0 N–H and O–H groups in total. The number of hydrogen-bond donors (Lipinski definition) is 0. The average Bonchev–Trinajstić information content (AvgIpc) is 3.30. The summed E-state index contributed by atoms with van der Waals surface area (Å²) in [4.78, 5) is 2.29. The predicted octanol–water partition coefficient (Wildman–Crippen LogP) is 9.88. The second-order valence-electron chi connectivity index (χ2n) is 9.04. The van der Waals surface area contributed by atoms with Crippen LogP contribution >= 0.6 is 0 Å². The molecule has 0 saturated carbocycles. The minimum absolute atomic E-state index is 0.883. The summed E-state index contributed by atoms with van der Waals surface area (Å²) in [5.74, 6) is 0. The molecule has 0 bridgehead atoms. The minimum atomic E-state index is 0.883. The maximum absolute atomic E-state index is 6.56. The van der Waals surface area contributed by atoms with Crippen LogP contribution in [0.15, 0.2) is 144 Å². The molecule has 7 aromatic rings. The highest BCUT2D eigenvalue weighted by Gasteiger charge is 2.19. The molecule has 0 unspecified atom stereocenters. The van der Waals surface area contributed by atoms with Gasteiger partial charge in [0.15, 0.2) is 0 Å². The molecule has 1 aromatic heterocycles. The average molecular weight is 462 g/mol. The van der Waals surface area contributed by atoms with Gasteiger partial charge in [-0.05, 0) is 64.4 Å². The Morgan fingerprint density at radius 2 is 1.00 bits per heavy atom. The van der Waals surface area contributed by atoms with Crippen LogP contribution in [0.2, 0.25) is 0 Å². The zero-order chi connectivity index (χ0) is 23.9. The van der Waals surface area contributed by atoms with E-state index in [-0.39, 0.29) is 0 Å². The van der Waals surface area contributed by atoms with E-state index in [1.165, 1.54) is 16.3 Å². The summed E-state index contributed by atoms with van der Waals surface area (Å²) < 4.78 is 6.56. The zero-order valence-electron chi connectivity index (χ0n) is 19.6. The number of para-hydroxylation sites is 2. The van der Waals surface area contributed by atoms with Crippen molar-refractivity contribution >= 4 is 49.8 Å².